The van der Waals surface area contributed by atoms with Gasteiger partial charge in [-0.2, -0.15) is 0 Å². The van der Waals surface area contributed by atoms with Crippen molar-refractivity contribution in [3.05, 3.63) is 0 Å². The number of carbonyl (C=O) groups excluding carboxylic acids is 1. The lowest BCUT2D eigenvalue weighted by Gasteiger charge is -2.17. The Kier molecular flexibility index (Phi) is 2.69. The summed E-state index contributed by atoms with van der Waals surface area (Å²) in [5.41, 5.74) is 3.16. The van der Waals surface area contributed by atoms with Gasteiger partial charge in [0.25, 0.3) is 0 Å². The predicted molar refractivity (Wildman–Crippen MR) is 45.3 cm³/mol. The van der Waals surface area contributed by atoms with Gasteiger partial charge in [0.15, 0.2) is 0 Å². The number of hydrazine groups is 1. The van der Waals surface area contributed by atoms with Crippen LogP contribution in [0.2, 0.25) is 0 Å². The Hall–Kier alpha value is -0.610. The fourth-order valence-electron chi connectivity index (χ4n) is 1.71. The molecule has 3 unspecified atom stereocenters. The molecule has 1 heterocycles. The number of carbonyl (C=O) groups is 1. The minimum absolute atomic E-state index is 0.0556. The van der Waals surface area contributed by atoms with Crippen LogP contribution in [0.4, 0.5) is 0 Å². The Morgan fingerprint density at radius 3 is 2.42 bits per heavy atom. The minimum Gasteiger partial charge on any atom is -0.469 e. The molecule has 0 aromatic heterocycles. The third kappa shape index (κ3) is 1.44. The molecule has 0 amide bonds. The molecule has 70 valence electrons. The van der Waals surface area contributed by atoms with E-state index in [9.17, 15) is 4.79 Å². The summed E-state index contributed by atoms with van der Waals surface area (Å²) in [6, 6.07) is 0.366. The summed E-state index contributed by atoms with van der Waals surface area (Å²) in [5, 5.41) is 1.95. The highest BCUT2D eigenvalue weighted by Crippen LogP contribution is 2.21. The molecular weight excluding hydrogens is 156 g/mol. The molecule has 0 bridgehead atoms. The predicted octanol–water partition coefficient (Wildman–Crippen LogP) is 0.00260. The summed E-state index contributed by atoms with van der Waals surface area (Å²) in [5.74, 6) is -0.188. The van der Waals surface area contributed by atoms with E-state index in [1.807, 2.05) is 25.9 Å². The van der Waals surface area contributed by atoms with Gasteiger partial charge in [0.1, 0.15) is 0 Å². The standard InChI is InChI=1S/C8H16N2O2/c1-5-7(8(11)12-4)6(2)10(3)9-5/h5-7,9H,1-4H3. The summed E-state index contributed by atoms with van der Waals surface area (Å²) >= 11 is 0. The maximum Gasteiger partial charge on any atom is 0.311 e. The van der Waals surface area contributed by atoms with Crippen LogP contribution in [0.5, 0.6) is 0 Å². The molecule has 3 atom stereocenters. The number of hydrogen-bond acceptors (Lipinski definition) is 4. The number of rotatable bonds is 1. The quantitative estimate of drug-likeness (QED) is 0.565. The zero-order chi connectivity index (χ0) is 9.30. The average molecular weight is 172 g/mol. The Labute approximate surface area is 72.8 Å². The Bertz CT molecular complexity index is 184. The van der Waals surface area contributed by atoms with Crippen molar-refractivity contribution >= 4 is 5.97 Å². The first-order valence-corrected chi connectivity index (χ1v) is 4.14. The molecule has 12 heavy (non-hydrogen) atoms. The van der Waals surface area contributed by atoms with Gasteiger partial charge in [-0.15, -0.1) is 0 Å². The van der Waals surface area contributed by atoms with Crippen LogP contribution < -0.4 is 5.43 Å². The second-order valence-electron chi connectivity index (χ2n) is 3.32. The van der Waals surface area contributed by atoms with Crippen molar-refractivity contribution in [3.8, 4) is 0 Å². The third-order valence-electron chi connectivity index (χ3n) is 2.55. The Morgan fingerprint density at radius 2 is 2.08 bits per heavy atom. The maximum absolute atomic E-state index is 11.3. The molecule has 4 heteroatoms. The molecule has 1 rings (SSSR count). The molecule has 0 spiro atoms. The van der Waals surface area contributed by atoms with Crippen LogP contribution in [0.3, 0.4) is 0 Å². The van der Waals surface area contributed by atoms with Crippen molar-refractivity contribution in [3.63, 3.8) is 0 Å². The molecular formula is C8H16N2O2. The second-order valence-corrected chi connectivity index (χ2v) is 3.32. The minimum atomic E-state index is -0.133. The number of ether oxygens (including phenoxy) is 1. The monoisotopic (exact) mass is 172 g/mol. The first-order chi connectivity index (χ1) is 5.57. The van der Waals surface area contributed by atoms with Crippen molar-refractivity contribution in [1.29, 1.82) is 0 Å². The average Bonchev–Trinajstić information content (AvgIpc) is 2.26. The van der Waals surface area contributed by atoms with E-state index in [1.54, 1.807) is 0 Å². The maximum atomic E-state index is 11.3. The molecule has 1 N–H and O–H groups in total. The lowest BCUT2D eigenvalue weighted by Crippen LogP contribution is -2.33. The summed E-state index contributed by atoms with van der Waals surface area (Å²) in [6.07, 6.45) is 0. The van der Waals surface area contributed by atoms with Gasteiger partial charge in [0.2, 0.25) is 0 Å². The SMILES string of the molecule is COC(=O)C1C(C)NN(C)C1C. The molecule has 1 aliphatic rings. The van der Waals surface area contributed by atoms with Crippen LogP contribution in [-0.2, 0) is 9.53 Å². The largest absolute Gasteiger partial charge is 0.469 e. The number of nitrogens with zero attached hydrogens (tertiary/aromatic N) is 1. The summed E-state index contributed by atoms with van der Waals surface area (Å²) in [6.45, 7) is 4.00. The normalized spacial score (nSPS) is 36.8. The fourth-order valence-corrected chi connectivity index (χ4v) is 1.71. The van der Waals surface area contributed by atoms with Gasteiger partial charge < -0.3 is 4.74 Å². The smallest absolute Gasteiger partial charge is 0.311 e. The van der Waals surface area contributed by atoms with Crippen LogP contribution in [0.25, 0.3) is 0 Å². The van der Waals surface area contributed by atoms with Crippen molar-refractivity contribution < 1.29 is 9.53 Å². The van der Waals surface area contributed by atoms with Crippen LogP contribution >= 0.6 is 0 Å². The molecule has 1 aliphatic heterocycles. The fraction of sp³-hybridized carbons (Fsp3) is 0.875. The van der Waals surface area contributed by atoms with Crippen molar-refractivity contribution in [1.82, 2.24) is 10.4 Å². The summed E-state index contributed by atoms with van der Waals surface area (Å²) in [4.78, 5) is 11.3. The van der Waals surface area contributed by atoms with Gasteiger partial charge in [0.05, 0.1) is 13.0 Å². The first kappa shape index (κ1) is 9.48. The highest BCUT2D eigenvalue weighted by atomic mass is 16.5. The van der Waals surface area contributed by atoms with E-state index >= 15 is 0 Å². The lowest BCUT2D eigenvalue weighted by atomic mass is 9.97. The number of esters is 1. The number of methoxy groups -OCH3 is 1. The van der Waals surface area contributed by atoms with Gasteiger partial charge in [-0.05, 0) is 13.8 Å². The van der Waals surface area contributed by atoms with E-state index in [4.69, 9.17) is 4.74 Å². The molecule has 0 aliphatic carbocycles. The van der Waals surface area contributed by atoms with E-state index in [0.717, 1.165) is 0 Å². The summed E-state index contributed by atoms with van der Waals surface area (Å²) in [7, 11) is 3.37. The van der Waals surface area contributed by atoms with Gasteiger partial charge in [-0.1, -0.05) is 0 Å². The lowest BCUT2D eigenvalue weighted by molar-refractivity contribution is -0.146. The molecule has 0 radical (unpaired) electrons. The second kappa shape index (κ2) is 3.41. The van der Waals surface area contributed by atoms with E-state index < -0.39 is 0 Å². The van der Waals surface area contributed by atoms with Crippen molar-refractivity contribution in [2.24, 2.45) is 5.92 Å². The van der Waals surface area contributed by atoms with E-state index in [2.05, 4.69) is 5.43 Å². The van der Waals surface area contributed by atoms with Gasteiger partial charge >= 0.3 is 5.97 Å². The van der Waals surface area contributed by atoms with Crippen LogP contribution in [0, 0.1) is 5.92 Å². The van der Waals surface area contributed by atoms with Crippen LogP contribution in [-0.4, -0.2) is 37.2 Å². The molecule has 0 saturated carbocycles. The number of nitrogens with one attached hydrogen (secondary N) is 1. The molecule has 4 nitrogen and oxygen atoms in total. The zero-order valence-electron chi connectivity index (χ0n) is 8.00. The molecule has 1 saturated heterocycles. The highest BCUT2D eigenvalue weighted by molar-refractivity contribution is 5.74. The van der Waals surface area contributed by atoms with Crippen LogP contribution in [0.15, 0.2) is 0 Å². The highest BCUT2D eigenvalue weighted by Gasteiger charge is 2.39. The van der Waals surface area contributed by atoms with E-state index in [-0.39, 0.29) is 24.0 Å². The Balaban J connectivity index is 2.69. The summed E-state index contributed by atoms with van der Waals surface area (Å²) < 4.78 is 4.72. The topological polar surface area (TPSA) is 41.6 Å². The molecule has 1 fully saturated rings. The number of hydrogen-bond donors (Lipinski definition) is 1. The van der Waals surface area contributed by atoms with Crippen molar-refractivity contribution in [2.45, 2.75) is 25.9 Å². The Morgan fingerprint density at radius 1 is 1.50 bits per heavy atom. The van der Waals surface area contributed by atoms with Crippen LogP contribution in [0.1, 0.15) is 13.8 Å². The molecule has 0 aromatic rings. The molecule has 0 aromatic carbocycles. The van der Waals surface area contributed by atoms with Crippen molar-refractivity contribution in [2.75, 3.05) is 14.2 Å². The first-order valence-electron chi connectivity index (χ1n) is 4.14. The van der Waals surface area contributed by atoms with E-state index in [1.165, 1.54) is 7.11 Å². The third-order valence-corrected chi connectivity index (χ3v) is 2.55. The van der Waals surface area contributed by atoms with E-state index in [0.29, 0.717) is 0 Å². The van der Waals surface area contributed by atoms with Gasteiger partial charge in [-0.25, -0.2) is 5.01 Å². The van der Waals surface area contributed by atoms with Gasteiger partial charge in [0, 0.05) is 19.1 Å². The zero-order valence-corrected chi connectivity index (χ0v) is 8.00. The van der Waals surface area contributed by atoms with Gasteiger partial charge in [-0.3, -0.25) is 10.2 Å².